The van der Waals surface area contributed by atoms with Gasteiger partial charge in [0.2, 0.25) is 5.78 Å². The van der Waals surface area contributed by atoms with Crippen molar-refractivity contribution in [1.82, 2.24) is 5.32 Å². The number of rotatable bonds is 3. The van der Waals surface area contributed by atoms with Crippen LogP contribution in [0.3, 0.4) is 0 Å². The molecule has 19 heavy (non-hydrogen) atoms. The SMILES string of the molecule is CCC#CCCNC1=CC(=O)c2ccccc2C1=O. The van der Waals surface area contributed by atoms with Gasteiger partial charge in [-0.2, -0.15) is 0 Å². The van der Waals surface area contributed by atoms with E-state index in [4.69, 9.17) is 0 Å². The number of hydrogen-bond donors (Lipinski definition) is 1. The van der Waals surface area contributed by atoms with Gasteiger partial charge in [0.05, 0.1) is 5.70 Å². The lowest BCUT2D eigenvalue weighted by molar-refractivity contribution is 0.0978. The molecule has 0 aromatic heterocycles. The van der Waals surface area contributed by atoms with Crippen LogP contribution in [0.5, 0.6) is 0 Å². The van der Waals surface area contributed by atoms with Crippen LogP contribution in [0.15, 0.2) is 36.0 Å². The average Bonchev–Trinajstić information content (AvgIpc) is 2.44. The van der Waals surface area contributed by atoms with E-state index in [0.717, 1.165) is 6.42 Å². The van der Waals surface area contributed by atoms with E-state index in [1.807, 2.05) is 6.92 Å². The van der Waals surface area contributed by atoms with Crippen molar-refractivity contribution >= 4 is 11.6 Å². The molecule has 0 fully saturated rings. The fourth-order valence-electron chi connectivity index (χ4n) is 1.92. The van der Waals surface area contributed by atoms with Gasteiger partial charge in [-0.25, -0.2) is 0 Å². The summed E-state index contributed by atoms with van der Waals surface area (Å²) in [6.45, 7) is 2.56. The number of benzene rings is 1. The fraction of sp³-hybridized carbons (Fsp3) is 0.250. The first-order valence-electron chi connectivity index (χ1n) is 6.33. The van der Waals surface area contributed by atoms with E-state index in [9.17, 15) is 9.59 Å². The minimum Gasteiger partial charge on any atom is -0.381 e. The maximum Gasteiger partial charge on any atom is 0.209 e. The molecule has 0 atom stereocenters. The summed E-state index contributed by atoms with van der Waals surface area (Å²) in [6, 6.07) is 6.88. The van der Waals surface area contributed by atoms with E-state index in [0.29, 0.717) is 29.8 Å². The monoisotopic (exact) mass is 253 g/mol. The van der Waals surface area contributed by atoms with Gasteiger partial charge in [0, 0.05) is 36.6 Å². The van der Waals surface area contributed by atoms with Crippen molar-refractivity contribution in [3.05, 3.63) is 47.2 Å². The van der Waals surface area contributed by atoms with Gasteiger partial charge in [0.25, 0.3) is 0 Å². The molecule has 1 aliphatic rings. The second-order valence-corrected chi connectivity index (χ2v) is 4.18. The Morgan fingerprint density at radius 1 is 1.11 bits per heavy atom. The van der Waals surface area contributed by atoms with Crippen LogP contribution >= 0.6 is 0 Å². The Hall–Kier alpha value is -2.34. The van der Waals surface area contributed by atoms with Crippen molar-refractivity contribution in [2.45, 2.75) is 19.8 Å². The lowest BCUT2D eigenvalue weighted by Gasteiger charge is -2.15. The van der Waals surface area contributed by atoms with Crippen molar-refractivity contribution in [1.29, 1.82) is 0 Å². The zero-order valence-electron chi connectivity index (χ0n) is 10.8. The van der Waals surface area contributed by atoms with Gasteiger partial charge in [-0.15, -0.1) is 11.8 Å². The highest BCUT2D eigenvalue weighted by atomic mass is 16.1. The van der Waals surface area contributed by atoms with Crippen LogP contribution < -0.4 is 5.32 Å². The summed E-state index contributed by atoms with van der Waals surface area (Å²) in [5.41, 5.74) is 1.31. The van der Waals surface area contributed by atoms with Gasteiger partial charge in [0.1, 0.15) is 0 Å². The van der Waals surface area contributed by atoms with Gasteiger partial charge in [-0.3, -0.25) is 9.59 Å². The normalized spacial score (nSPS) is 13.2. The molecule has 0 bridgehead atoms. The number of carbonyl (C=O) groups is 2. The molecule has 0 amide bonds. The number of Topliss-reactive ketones (excluding diaryl/α,β-unsaturated/α-hetero) is 1. The van der Waals surface area contributed by atoms with E-state index >= 15 is 0 Å². The molecule has 0 heterocycles. The van der Waals surface area contributed by atoms with Crippen molar-refractivity contribution in [3.63, 3.8) is 0 Å². The van der Waals surface area contributed by atoms with Gasteiger partial charge >= 0.3 is 0 Å². The molecular formula is C16H15NO2. The Morgan fingerprint density at radius 3 is 2.58 bits per heavy atom. The van der Waals surface area contributed by atoms with Crippen LogP contribution in [-0.4, -0.2) is 18.1 Å². The molecule has 0 saturated carbocycles. The summed E-state index contributed by atoms with van der Waals surface area (Å²) in [5, 5.41) is 2.99. The third-order valence-corrected chi connectivity index (χ3v) is 2.82. The van der Waals surface area contributed by atoms with Crippen molar-refractivity contribution < 1.29 is 9.59 Å². The molecule has 3 heteroatoms. The van der Waals surface area contributed by atoms with Gasteiger partial charge < -0.3 is 5.32 Å². The topological polar surface area (TPSA) is 46.2 Å². The second-order valence-electron chi connectivity index (χ2n) is 4.18. The molecule has 1 aromatic carbocycles. The third kappa shape index (κ3) is 2.92. The smallest absolute Gasteiger partial charge is 0.209 e. The molecule has 0 radical (unpaired) electrons. The average molecular weight is 253 g/mol. The van der Waals surface area contributed by atoms with Crippen molar-refractivity contribution in [3.8, 4) is 11.8 Å². The van der Waals surface area contributed by atoms with E-state index in [1.54, 1.807) is 24.3 Å². The first kappa shape index (κ1) is 13.1. The van der Waals surface area contributed by atoms with Crippen molar-refractivity contribution in [2.24, 2.45) is 0 Å². The summed E-state index contributed by atoms with van der Waals surface area (Å²) < 4.78 is 0. The number of carbonyl (C=O) groups excluding carboxylic acids is 2. The minimum atomic E-state index is -0.127. The number of allylic oxidation sites excluding steroid dienone is 2. The summed E-state index contributed by atoms with van der Waals surface area (Å²) >= 11 is 0. The molecule has 3 nitrogen and oxygen atoms in total. The van der Waals surface area contributed by atoms with Gasteiger partial charge in [-0.1, -0.05) is 31.2 Å². The highest BCUT2D eigenvalue weighted by Crippen LogP contribution is 2.19. The molecule has 1 aliphatic carbocycles. The molecule has 0 saturated heterocycles. The van der Waals surface area contributed by atoms with Gasteiger partial charge in [-0.05, 0) is 0 Å². The summed E-state index contributed by atoms with van der Waals surface area (Å²) in [5.74, 6) is 5.69. The van der Waals surface area contributed by atoms with Crippen LogP contribution in [-0.2, 0) is 0 Å². The second kappa shape index (κ2) is 6.01. The number of ketones is 2. The van der Waals surface area contributed by atoms with E-state index in [2.05, 4.69) is 17.2 Å². The van der Waals surface area contributed by atoms with Crippen LogP contribution in [0.25, 0.3) is 0 Å². The maximum absolute atomic E-state index is 12.2. The Balaban J connectivity index is 2.08. The lowest BCUT2D eigenvalue weighted by atomic mass is 9.93. The van der Waals surface area contributed by atoms with E-state index < -0.39 is 0 Å². The van der Waals surface area contributed by atoms with Crippen LogP contribution in [0.1, 0.15) is 40.5 Å². The number of nitrogens with one attached hydrogen (secondary N) is 1. The lowest BCUT2D eigenvalue weighted by Crippen LogP contribution is -2.27. The fourth-order valence-corrected chi connectivity index (χ4v) is 1.92. The van der Waals surface area contributed by atoms with Crippen LogP contribution in [0.4, 0.5) is 0 Å². The van der Waals surface area contributed by atoms with E-state index in [1.165, 1.54) is 6.08 Å². The molecule has 1 N–H and O–H groups in total. The number of hydrogen-bond acceptors (Lipinski definition) is 3. The quantitative estimate of drug-likeness (QED) is 0.664. The Morgan fingerprint density at radius 2 is 1.84 bits per heavy atom. The van der Waals surface area contributed by atoms with Crippen LogP contribution in [0, 0.1) is 11.8 Å². The predicted molar refractivity (Wildman–Crippen MR) is 73.9 cm³/mol. The highest BCUT2D eigenvalue weighted by molar-refractivity contribution is 6.24. The molecule has 0 unspecified atom stereocenters. The Bertz CT molecular complexity index is 603. The zero-order chi connectivity index (χ0) is 13.7. The molecule has 0 aliphatic heterocycles. The summed E-state index contributed by atoms with van der Waals surface area (Å²) in [4.78, 5) is 24.0. The van der Waals surface area contributed by atoms with Crippen LogP contribution in [0.2, 0.25) is 0 Å². The molecule has 1 aromatic rings. The minimum absolute atomic E-state index is 0.126. The Kier molecular flexibility index (Phi) is 4.15. The molecule has 2 rings (SSSR count). The third-order valence-electron chi connectivity index (χ3n) is 2.82. The van der Waals surface area contributed by atoms with E-state index in [-0.39, 0.29) is 11.6 Å². The first-order chi connectivity index (χ1) is 9.24. The first-order valence-corrected chi connectivity index (χ1v) is 6.33. The highest BCUT2D eigenvalue weighted by Gasteiger charge is 2.24. The molecule has 0 spiro atoms. The summed E-state index contributed by atoms with van der Waals surface area (Å²) in [6.07, 6.45) is 2.86. The van der Waals surface area contributed by atoms with Gasteiger partial charge in [0.15, 0.2) is 5.78 Å². The standard InChI is InChI=1S/C16H15NO2/c1-2-3-4-7-10-17-14-11-15(18)12-8-5-6-9-13(12)16(14)19/h5-6,8-9,11,17H,2,7,10H2,1H3. The predicted octanol–water partition coefficient (Wildman–Crippen LogP) is 2.34. The maximum atomic E-state index is 12.2. The zero-order valence-corrected chi connectivity index (χ0v) is 10.8. The largest absolute Gasteiger partial charge is 0.381 e. The van der Waals surface area contributed by atoms with Crippen molar-refractivity contribution in [2.75, 3.05) is 6.54 Å². The number of fused-ring (bicyclic) bond motifs is 1. The Labute approximate surface area is 112 Å². The summed E-state index contributed by atoms with van der Waals surface area (Å²) in [7, 11) is 0. The molecule has 96 valence electrons. The molecular weight excluding hydrogens is 238 g/mol.